The van der Waals surface area contributed by atoms with Gasteiger partial charge in [-0.15, -0.1) is 0 Å². The van der Waals surface area contributed by atoms with E-state index in [4.69, 9.17) is 4.42 Å². The molecule has 1 fully saturated rings. The predicted molar refractivity (Wildman–Crippen MR) is 114 cm³/mol. The quantitative estimate of drug-likeness (QED) is 0.691. The SMILES string of the molecule is CSCCC(NC(=O)c1ccco1)C(=O)N1CCC(C(O)c2ccccc2)CC1. The van der Waals surface area contributed by atoms with Crippen molar-refractivity contribution in [2.45, 2.75) is 31.4 Å². The van der Waals surface area contributed by atoms with Crippen molar-refractivity contribution in [2.75, 3.05) is 25.1 Å². The van der Waals surface area contributed by atoms with Crippen molar-refractivity contribution in [3.63, 3.8) is 0 Å². The summed E-state index contributed by atoms with van der Waals surface area (Å²) < 4.78 is 5.14. The first-order chi connectivity index (χ1) is 14.1. The van der Waals surface area contributed by atoms with Gasteiger partial charge in [-0.05, 0) is 54.9 Å². The van der Waals surface area contributed by atoms with Crippen LogP contribution in [-0.2, 0) is 4.79 Å². The van der Waals surface area contributed by atoms with Crippen molar-refractivity contribution in [1.82, 2.24) is 10.2 Å². The van der Waals surface area contributed by atoms with Gasteiger partial charge >= 0.3 is 0 Å². The van der Waals surface area contributed by atoms with Crippen molar-refractivity contribution < 1.29 is 19.1 Å². The van der Waals surface area contributed by atoms with Crippen LogP contribution < -0.4 is 5.32 Å². The third-order valence-corrected chi connectivity index (χ3v) is 6.04. The van der Waals surface area contributed by atoms with Crippen LogP contribution in [0.1, 0.15) is 41.5 Å². The molecular formula is C22H28N2O4S. The average Bonchev–Trinajstić information content (AvgIpc) is 3.31. The topological polar surface area (TPSA) is 82.8 Å². The van der Waals surface area contributed by atoms with Crippen LogP contribution in [0.15, 0.2) is 53.1 Å². The van der Waals surface area contributed by atoms with E-state index in [2.05, 4.69) is 5.32 Å². The van der Waals surface area contributed by atoms with E-state index >= 15 is 0 Å². The lowest BCUT2D eigenvalue weighted by Gasteiger charge is -2.36. The molecule has 7 heteroatoms. The van der Waals surface area contributed by atoms with Crippen LogP contribution in [0.3, 0.4) is 0 Å². The van der Waals surface area contributed by atoms with E-state index in [1.807, 2.05) is 41.5 Å². The molecular weight excluding hydrogens is 388 g/mol. The lowest BCUT2D eigenvalue weighted by atomic mass is 9.87. The minimum absolute atomic E-state index is 0.0633. The maximum absolute atomic E-state index is 13.1. The Kier molecular flexibility index (Phi) is 7.77. The molecule has 0 bridgehead atoms. The fraction of sp³-hybridized carbons (Fsp3) is 0.455. The van der Waals surface area contributed by atoms with Gasteiger partial charge in [-0.3, -0.25) is 9.59 Å². The molecule has 6 nitrogen and oxygen atoms in total. The highest BCUT2D eigenvalue weighted by Crippen LogP contribution is 2.30. The molecule has 29 heavy (non-hydrogen) atoms. The van der Waals surface area contributed by atoms with Gasteiger partial charge in [0.15, 0.2) is 5.76 Å². The molecule has 1 aromatic heterocycles. The Morgan fingerprint density at radius 2 is 1.93 bits per heavy atom. The van der Waals surface area contributed by atoms with Crippen molar-refractivity contribution >= 4 is 23.6 Å². The highest BCUT2D eigenvalue weighted by Gasteiger charge is 2.32. The zero-order valence-corrected chi connectivity index (χ0v) is 17.4. The van der Waals surface area contributed by atoms with E-state index in [-0.39, 0.29) is 23.5 Å². The van der Waals surface area contributed by atoms with Gasteiger partial charge in [0, 0.05) is 13.1 Å². The maximum Gasteiger partial charge on any atom is 0.287 e. The van der Waals surface area contributed by atoms with Crippen molar-refractivity contribution in [3.8, 4) is 0 Å². The van der Waals surface area contributed by atoms with E-state index in [1.54, 1.807) is 23.9 Å². The number of rotatable bonds is 8. The number of aliphatic hydroxyl groups excluding tert-OH is 1. The van der Waals surface area contributed by atoms with Crippen LogP contribution in [-0.4, -0.2) is 53.0 Å². The van der Waals surface area contributed by atoms with E-state index in [9.17, 15) is 14.7 Å². The predicted octanol–water partition coefficient (Wildman–Crippen LogP) is 3.10. The van der Waals surface area contributed by atoms with Crippen LogP contribution in [0.4, 0.5) is 0 Å². The molecule has 0 aliphatic carbocycles. The maximum atomic E-state index is 13.1. The summed E-state index contributed by atoms with van der Waals surface area (Å²) in [5, 5.41) is 13.5. The molecule has 2 atom stereocenters. The second-order valence-corrected chi connectivity index (χ2v) is 8.29. The Balaban J connectivity index is 1.58. The fourth-order valence-electron chi connectivity index (χ4n) is 3.71. The van der Waals surface area contributed by atoms with E-state index in [0.717, 1.165) is 24.2 Å². The first-order valence-electron chi connectivity index (χ1n) is 9.95. The summed E-state index contributed by atoms with van der Waals surface area (Å²) >= 11 is 1.64. The number of likely N-dealkylation sites (tertiary alicyclic amines) is 1. The van der Waals surface area contributed by atoms with Gasteiger partial charge < -0.3 is 19.7 Å². The summed E-state index contributed by atoms with van der Waals surface area (Å²) in [4.78, 5) is 27.2. The Morgan fingerprint density at radius 3 is 2.55 bits per heavy atom. The molecule has 156 valence electrons. The highest BCUT2D eigenvalue weighted by atomic mass is 32.2. The first kappa shape index (κ1) is 21.5. The molecule has 0 spiro atoms. The normalized spacial score (nSPS) is 17.0. The average molecular weight is 417 g/mol. The molecule has 1 saturated heterocycles. The van der Waals surface area contributed by atoms with Gasteiger partial charge in [-0.2, -0.15) is 11.8 Å². The number of carbonyl (C=O) groups excluding carboxylic acids is 2. The van der Waals surface area contributed by atoms with E-state index in [1.165, 1.54) is 6.26 Å². The molecule has 2 aromatic rings. The third kappa shape index (κ3) is 5.64. The monoisotopic (exact) mass is 416 g/mol. The number of carbonyl (C=O) groups is 2. The molecule has 1 aromatic carbocycles. The molecule has 1 aliphatic rings. The Bertz CT molecular complexity index is 773. The van der Waals surface area contributed by atoms with Crippen molar-refractivity contribution in [2.24, 2.45) is 5.92 Å². The number of furan rings is 1. The standard InChI is InChI=1S/C22H28N2O4S/c1-29-15-11-18(23-21(26)19-8-5-14-28-19)22(27)24-12-9-17(10-13-24)20(25)16-6-3-2-4-7-16/h2-8,14,17-18,20,25H,9-13,15H2,1H3,(H,23,26). The second-order valence-electron chi connectivity index (χ2n) is 7.30. The molecule has 0 radical (unpaired) electrons. The minimum Gasteiger partial charge on any atom is -0.459 e. The molecule has 2 unspecified atom stereocenters. The number of thioether (sulfide) groups is 1. The van der Waals surface area contributed by atoms with Gasteiger partial charge in [-0.25, -0.2) is 0 Å². The lowest BCUT2D eigenvalue weighted by molar-refractivity contribution is -0.135. The Labute approximate surface area is 175 Å². The number of hydrogen-bond acceptors (Lipinski definition) is 5. The summed E-state index contributed by atoms with van der Waals surface area (Å²) in [6.45, 7) is 1.17. The summed E-state index contributed by atoms with van der Waals surface area (Å²) in [5.74, 6) is 0.675. The summed E-state index contributed by atoms with van der Waals surface area (Å²) in [5.41, 5.74) is 0.917. The molecule has 2 amide bonds. The van der Waals surface area contributed by atoms with Gasteiger partial charge in [0.05, 0.1) is 12.4 Å². The van der Waals surface area contributed by atoms with Crippen LogP contribution in [0.5, 0.6) is 0 Å². The zero-order valence-electron chi connectivity index (χ0n) is 16.6. The number of benzene rings is 1. The molecule has 0 saturated carbocycles. The molecule has 2 heterocycles. The minimum atomic E-state index is -0.573. The molecule has 3 rings (SSSR count). The van der Waals surface area contributed by atoms with Crippen LogP contribution in [0.2, 0.25) is 0 Å². The summed E-state index contributed by atoms with van der Waals surface area (Å²) in [6, 6.07) is 12.3. The van der Waals surface area contributed by atoms with Gasteiger partial charge in [0.25, 0.3) is 5.91 Å². The first-order valence-corrected chi connectivity index (χ1v) is 11.3. The smallest absolute Gasteiger partial charge is 0.287 e. The summed E-state index contributed by atoms with van der Waals surface area (Å²) in [6.07, 6.45) is 4.95. The lowest BCUT2D eigenvalue weighted by Crippen LogP contribution is -2.51. The number of amides is 2. The molecule has 2 N–H and O–H groups in total. The van der Waals surface area contributed by atoms with E-state index < -0.39 is 12.1 Å². The number of nitrogens with zero attached hydrogens (tertiary/aromatic N) is 1. The van der Waals surface area contributed by atoms with Crippen LogP contribution in [0, 0.1) is 5.92 Å². The summed E-state index contributed by atoms with van der Waals surface area (Å²) in [7, 11) is 0. The van der Waals surface area contributed by atoms with Gasteiger partial charge in [0.2, 0.25) is 5.91 Å². The largest absolute Gasteiger partial charge is 0.459 e. The Morgan fingerprint density at radius 1 is 1.21 bits per heavy atom. The second kappa shape index (κ2) is 10.5. The fourth-order valence-corrected chi connectivity index (χ4v) is 4.18. The van der Waals surface area contributed by atoms with Gasteiger partial charge in [0.1, 0.15) is 6.04 Å². The number of piperidine rings is 1. The van der Waals surface area contributed by atoms with Crippen molar-refractivity contribution in [3.05, 3.63) is 60.1 Å². The number of hydrogen-bond donors (Lipinski definition) is 2. The van der Waals surface area contributed by atoms with Gasteiger partial charge in [-0.1, -0.05) is 30.3 Å². The zero-order chi connectivity index (χ0) is 20.6. The third-order valence-electron chi connectivity index (χ3n) is 5.40. The number of nitrogens with one attached hydrogen (secondary N) is 1. The number of aliphatic hydroxyl groups is 1. The van der Waals surface area contributed by atoms with E-state index in [0.29, 0.717) is 19.5 Å². The van der Waals surface area contributed by atoms with Crippen LogP contribution in [0.25, 0.3) is 0 Å². The Hall–Kier alpha value is -2.25. The van der Waals surface area contributed by atoms with Crippen LogP contribution >= 0.6 is 11.8 Å². The van der Waals surface area contributed by atoms with Crippen molar-refractivity contribution in [1.29, 1.82) is 0 Å². The molecule has 1 aliphatic heterocycles. The highest BCUT2D eigenvalue weighted by molar-refractivity contribution is 7.98.